The molecule has 1 saturated heterocycles. The Bertz CT molecular complexity index is 1500. The number of rotatable bonds is 17. The van der Waals surface area contributed by atoms with Gasteiger partial charge in [0.2, 0.25) is 22.3 Å². The maximum absolute atomic E-state index is 13.0. The maximum Gasteiger partial charge on any atom is 0.256 e. The summed E-state index contributed by atoms with van der Waals surface area (Å²) < 4.78 is 25.8. The van der Waals surface area contributed by atoms with Crippen LogP contribution in [-0.4, -0.2) is 65.0 Å². The third kappa shape index (κ3) is 8.83. The number of allylic oxidation sites excluding steroid dienone is 1. The molecule has 11 heteroatoms. The van der Waals surface area contributed by atoms with E-state index in [1.54, 1.807) is 13.0 Å². The van der Waals surface area contributed by atoms with Crippen molar-refractivity contribution in [3.05, 3.63) is 47.7 Å². The molecule has 3 atom stereocenters. The van der Waals surface area contributed by atoms with Crippen molar-refractivity contribution in [2.45, 2.75) is 115 Å². The second-order valence-corrected chi connectivity index (χ2v) is 15.2. The zero-order valence-corrected chi connectivity index (χ0v) is 27.6. The number of hydrogen-bond acceptors (Lipinski definition) is 7. The Balaban J connectivity index is 1.12. The van der Waals surface area contributed by atoms with Gasteiger partial charge in [-0.1, -0.05) is 43.2 Å². The first-order valence-electron chi connectivity index (χ1n) is 16.2. The van der Waals surface area contributed by atoms with E-state index >= 15 is 0 Å². The van der Waals surface area contributed by atoms with E-state index in [4.69, 9.17) is 0 Å². The summed E-state index contributed by atoms with van der Waals surface area (Å²) in [5, 5.41) is 14.1. The molecule has 45 heavy (non-hydrogen) atoms. The Morgan fingerprint density at radius 3 is 2.62 bits per heavy atom. The summed E-state index contributed by atoms with van der Waals surface area (Å²) in [7, 11) is -3.75. The minimum absolute atomic E-state index is 0.209. The lowest BCUT2D eigenvalue weighted by atomic mass is 9.94. The van der Waals surface area contributed by atoms with Crippen LogP contribution in [0.15, 0.2) is 36.4 Å². The molecule has 2 aromatic rings. The van der Waals surface area contributed by atoms with Crippen molar-refractivity contribution in [3.63, 3.8) is 0 Å². The van der Waals surface area contributed by atoms with Gasteiger partial charge in [0.05, 0.1) is 16.0 Å². The first kappa shape index (κ1) is 34.4. The fraction of sp³-hybridized carbons (Fsp3) is 0.588. The molecule has 1 aromatic carbocycles. The molecular weight excluding hydrogens is 592 g/mol. The molecule has 3 unspecified atom stereocenters. The normalized spacial score (nSPS) is 19.9. The number of hydrogen-bond donors (Lipinski definition) is 3. The summed E-state index contributed by atoms with van der Waals surface area (Å²) in [5.41, 5.74) is 2.49. The van der Waals surface area contributed by atoms with E-state index in [1.165, 1.54) is 0 Å². The number of likely N-dealkylation sites (tertiary alicyclic amines) is 1. The number of para-hydroxylation sites is 1. The smallest absolute Gasteiger partial charge is 0.256 e. The predicted octanol–water partition coefficient (Wildman–Crippen LogP) is 4.82. The van der Waals surface area contributed by atoms with Crippen LogP contribution in [-0.2, 0) is 30.8 Å². The Morgan fingerprint density at radius 1 is 1.16 bits per heavy atom. The standard InChI is InChI=1S/C34H48N4O6S/c1-24-21-26(17-18-28-27-13-11-12-14-29(27)36-25(2)32(28)41)22-38(24)31(40)16-10-8-6-4-5-7-9-15-30(35-23-39)33(42)37-45(43,44)34(3)19-20-34/h7,9,11-14,23-24,26,30,41H,4-6,8,10,15-22H2,1-3H3,(H,35,39)(H,37,42)/b9-7-. The largest absolute Gasteiger partial charge is 0.506 e. The molecule has 1 aliphatic carbocycles. The molecule has 3 N–H and O–H groups in total. The number of aromatic nitrogens is 1. The van der Waals surface area contributed by atoms with Crippen molar-refractivity contribution in [1.82, 2.24) is 19.9 Å². The molecule has 246 valence electrons. The minimum atomic E-state index is -3.75. The quantitative estimate of drug-likeness (QED) is 0.128. The van der Waals surface area contributed by atoms with Crippen molar-refractivity contribution in [1.29, 1.82) is 0 Å². The van der Waals surface area contributed by atoms with Crippen molar-refractivity contribution in [2.75, 3.05) is 6.54 Å². The van der Waals surface area contributed by atoms with Gasteiger partial charge in [-0.05, 0) is 90.5 Å². The SMILES string of the molecule is Cc1nc2ccccc2c(CCC2CC(C)N(C(=O)CCCCCC/C=C\CC(NC=O)C(=O)NS(=O)(=O)C3(C)CC3)C2)c1O. The van der Waals surface area contributed by atoms with Gasteiger partial charge in [0.25, 0.3) is 5.91 Å². The lowest BCUT2D eigenvalue weighted by Crippen LogP contribution is -2.48. The fourth-order valence-corrected chi connectivity index (χ4v) is 7.49. The highest BCUT2D eigenvalue weighted by molar-refractivity contribution is 7.91. The Labute approximate surface area is 267 Å². The van der Waals surface area contributed by atoms with Crippen molar-refractivity contribution in [2.24, 2.45) is 5.92 Å². The number of pyridine rings is 1. The van der Waals surface area contributed by atoms with Crippen LogP contribution in [0.5, 0.6) is 5.75 Å². The second-order valence-electron chi connectivity index (χ2n) is 13.0. The van der Waals surface area contributed by atoms with Crippen molar-refractivity contribution < 1.29 is 27.9 Å². The first-order chi connectivity index (χ1) is 21.5. The highest BCUT2D eigenvalue weighted by Crippen LogP contribution is 2.42. The van der Waals surface area contributed by atoms with E-state index in [0.29, 0.717) is 37.3 Å². The van der Waals surface area contributed by atoms with Crippen LogP contribution in [0, 0.1) is 12.8 Å². The number of unbranched alkanes of at least 4 members (excludes halogenated alkanes) is 4. The molecule has 0 radical (unpaired) electrons. The molecule has 10 nitrogen and oxygen atoms in total. The lowest BCUT2D eigenvalue weighted by molar-refractivity contribution is -0.132. The zero-order valence-electron chi connectivity index (χ0n) is 26.8. The Morgan fingerprint density at radius 2 is 1.89 bits per heavy atom. The van der Waals surface area contributed by atoms with Crippen molar-refractivity contribution >= 4 is 39.2 Å². The molecule has 4 rings (SSSR count). The van der Waals surface area contributed by atoms with E-state index < -0.39 is 26.7 Å². The summed E-state index contributed by atoms with van der Waals surface area (Å²) in [6.07, 6.45) is 13.1. The van der Waals surface area contributed by atoms with Gasteiger partial charge in [-0.3, -0.25) is 19.1 Å². The summed E-state index contributed by atoms with van der Waals surface area (Å²) in [6.45, 7) is 6.32. The number of nitrogens with zero attached hydrogens (tertiary/aromatic N) is 2. The molecule has 1 aromatic heterocycles. The summed E-state index contributed by atoms with van der Waals surface area (Å²) in [6, 6.07) is 7.19. The summed E-state index contributed by atoms with van der Waals surface area (Å²) in [4.78, 5) is 42.9. The van der Waals surface area contributed by atoms with Crippen LogP contribution >= 0.6 is 0 Å². The predicted molar refractivity (Wildman–Crippen MR) is 175 cm³/mol. The second kappa shape index (κ2) is 15.2. The fourth-order valence-electron chi connectivity index (χ4n) is 6.20. The average molecular weight is 641 g/mol. The third-order valence-electron chi connectivity index (χ3n) is 9.40. The molecule has 0 spiro atoms. The highest BCUT2D eigenvalue weighted by Gasteiger charge is 2.51. The van der Waals surface area contributed by atoms with Gasteiger partial charge in [-0.2, -0.15) is 0 Å². The van der Waals surface area contributed by atoms with E-state index in [-0.39, 0.29) is 24.1 Å². The van der Waals surface area contributed by atoms with Gasteiger partial charge >= 0.3 is 0 Å². The number of fused-ring (bicyclic) bond motifs is 1. The number of aryl methyl sites for hydroxylation is 2. The van der Waals surface area contributed by atoms with Crippen LogP contribution in [0.25, 0.3) is 10.9 Å². The maximum atomic E-state index is 13.0. The molecule has 1 aliphatic heterocycles. The van der Waals surface area contributed by atoms with Crippen LogP contribution < -0.4 is 10.0 Å². The molecule has 2 heterocycles. The molecular formula is C34H48N4O6S. The Hall–Kier alpha value is -3.47. The van der Waals surface area contributed by atoms with Gasteiger partial charge < -0.3 is 15.3 Å². The lowest BCUT2D eigenvalue weighted by Gasteiger charge is -2.21. The highest BCUT2D eigenvalue weighted by atomic mass is 32.2. The van der Waals surface area contributed by atoms with Crippen LogP contribution in [0.1, 0.15) is 95.7 Å². The minimum Gasteiger partial charge on any atom is -0.506 e. The Kier molecular flexibility index (Phi) is 11.6. The van der Waals surface area contributed by atoms with Crippen LogP contribution in [0.3, 0.4) is 0 Å². The summed E-state index contributed by atoms with van der Waals surface area (Å²) in [5.74, 6) is 0.171. The van der Waals surface area contributed by atoms with Gasteiger partial charge in [0.1, 0.15) is 11.8 Å². The van der Waals surface area contributed by atoms with Gasteiger partial charge in [-0.25, -0.2) is 13.4 Å². The third-order valence-corrected chi connectivity index (χ3v) is 11.6. The monoisotopic (exact) mass is 640 g/mol. The number of aromatic hydroxyl groups is 1. The number of carbonyl (C=O) groups excluding carboxylic acids is 3. The number of benzene rings is 1. The average Bonchev–Trinajstić information content (AvgIpc) is 3.66. The van der Waals surface area contributed by atoms with E-state index in [2.05, 4.69) is 21.9 Å². The number of amides is 3. The van der Waals surface area contributed by atoms with Crippen LogP contribution in [0.4, 0.5) is 0 Å². The van der Waals surface area contributed by atoms with E-state index in [9.17, 15) is 27.9 Å². The molecule has 1 saturated carbocycles. The number of nitrogens with one attached hydrogen (secondary N) is 2. The molecule has 3 amide bonds. The molecule has 0 bridgehead atoms. The first-order valence-corrected chi connectivity index (χ1v) is 17.7. The van der Waals surface area contributed by atoms with Gasteiger partial charge in [0.15, 0.2) is 0 Å². The zero-order chi connectivity index (χ0) is 32.6. The summed E-state index contributed by atoms with van der Waals surface area (Å²) >= 11 is 0. The topological polar surface area (TPSA) is 146 Å². The molecule has 2 fully saturated rings. The van der Waals surface area contributed by atoms with Gasteiger partial charge in [0, 0.05) is 30.0 Å². The van der Waals surface area contributed by atoms with E-state index in [1.807, 2.05) is 42.2 Å². The number of sulfonamides is 1. The molecule has 2 aliphatic rings. The van der Waals surface area contributed by atoms with Crippen molar-refractivity contribution in [3.8, 4) is 5.75 Å². The van der Waals surface area contributed by atoms with E-state index in [0.717, 1.165) is 74.4 Å². The number of carbonyl (C=O) groups is 3. The van der Waals surface area contributed by atoms with Gasteiger partial charge in [-0.15, -0.1) is 0 Å². The van der Waals surface area contributed by atoms with Crippen LogP contribution in [0.2, 0.25) is 0 Å².